The smallest absolute Gasteiger partial charge is 0.249 e. The van der Waals surface area contributed by atoms with Crippen LogP contribution in [0.1, 0.15) is 187 Å². The summed E-state index contributed by atoms with van der Waals surface area (Å²) in [6.45, 7) is 4.02. The fraction of sp³-hybridized carbons (Fsp3) is 0.971. The van der Waals surface area contributed by atoms with Gasteiger partial charge in [-0.25, -0.2) is 0 Å². The van der Waals surface area contributed by atoms with E-state index >= 15 is 0 Å². The molecule has 246 valence electrons. The van der Waals surface area contributed by atoms with Crippen molar-refractivity contribution in [2.24, 2.45) is 0 Å². The summed E-state index contributed by atoms with van der Waals surface area (Å²) >= 11 is 0. The van der Waals surface area contributed by atoms with E-state index in [1.165, 1.54) is 122 Å². The highest BCUT2D eigenvalue weighted by Gasteiger charge is 2.28. The van der Waals surface area contributed by atoms with Crippen molar-refractivity contribution in [2.45, 2.75) is 212 Å². The summed E-state index contributed by atoms with van der Waals surface area (Å²) in [7, 11) is 0. The number of carbonyl (C=O) groups is 1. The van der Waals surface area contributed by atoms with Crippen molar-refractivity contribution >= 4 is 5.91 Å². The molecule has 0 saturated carbocycles. The summed E-state index contributed by atoms with van der Waals surface area (Å²) in [6.07, 6.45) is 28.3. The number of hydrogen-bond acceptors (Lipinski definition) is 5. The van der Waals surface area contributed by atoms with Crippen LogP contribution >= 0.6 is 0 Å². The molecule has 0 radical (unpaired) electrons. The number of rotatable bonds is 32. The maximum atomic E-state index is 12.4. The van der Waals surface area contributed by atoms with E-state index in [0.29, 0.717) is 12.8 Å². The molecule has 4 unspecified atom stereocenters. The van der Waals surface area contributed by atoms with Gasteiger partial charge < -0.3 is 25.7 Å². The predicted octanol–water partition coefficient (Wildman–Crippen LogP) is 8.12. The second-order valence-corrected chi connectivity index (χ2v) is 12.6. The SMILES string of the molecule is CCCCCCCCCCCCCCCC(O)C(=O)NC(CO)C(O)C(O)CCCCCCCCCCCCCC. The van der Waals surface area contributed by atoms with Gasteiger partial charge in [0.2, 0.25) is 5.91 Å². The van der Waals surface area contributed by atoms with E-state index in [9.17, 15) is 25.2 Å². The summed E-state index contributed by atoms with van der Waals surface area (Å²) in [5, 5.41) is 43.3. The van der Waals surface area contributed by atoms with E-state index in [1.807, 2.05) is 0 Å². The van der Waals surface area contributed by atoms with Gasteiger partial charge in [-0.2, -0.15) is 0 Å². The molecular formula is C35H71NO5. The number of hydrogen-bond donors (Lipinski definition) is 5. The quantitative estimate of drug-likeness (QED) is 0.0512. The number of amides is 1. The molecule has 0 aromatic carbocycles. The van der Waals surface area contributed by atoms with Crippen molar-refractivity contribution < 1.29 is 25.2 Å². The Labute approximate surface area is 254 Å². The highest BCUT2D eigenvalue weighted by molar-refractivity contribution is 5.80. The van der Waals surface area contributed by atoms with Crippen LogP contribution < -0.4 is 5.32 Å². The fourth-order valence-electron chi connectivity index (χ4n) is 5.64. The summed E-state index contributed by atoms with van der Waals surface area (Å²) in [6, 6.07) is -0.976. The van der Waals surface area contributed by atoms with Gasteiger partial charge in [0.1, 0.15) is 12.2 Å². The molecule has 0 spiro atoms. The Morgan fingerprint density at radius 2 is 0.829 bits per heavy atom. The topological polar surface area (TPSA) is 110 Å². The van der Waals surface area contributed by atoms with E-state index < -0.39 is 36.9 Å². The zero-order valence-corrected chi connectivity index (χ0v) is 27.3. The standard InChI is InChI=1S/C35H71NO5/c1-3-5-7-9-11-13-15-17-19-21-23-25-27-29-33(39)35(41)36-31(30-37)34(40)32(38)28-26-24-22-20-18-16-14-12-10-8-6-4-2/h31-34,37-40H,3-30H2,1-2H3,(H,36,41). The van der Waals surface area contributed by atoms with Crippen molar-refractivity contribution in [2.75, 3.05) is 6.61 Å². The first-order valence-electron chi connectivity index (χ1n) is 17.9. The zero-order chi connectivity index (χ0) is 30.4. The van der Waals surface area contributed by atoms with Crippen LogP contribution in [0.4, 0.5) is 0 Å². The molecule has 0 fully saturated rings. The molecule has 6 heteroatoms. The first-order chi connectivity index (χ1) is 20.0. The largest absolute Gasteiger partial charge is 0.394 e. The van der Waals surface area contributed by atoms with E-state index in [2.05, 4.69) is 19.2 Å². The van der Waals surface area contributed by atoms with Crippen molar-refractivity contribution in [3.63, 3.8) is 0 Å². The normalized spacial score (nSPS) is 14.6. The molecule has 1 amide bonds. The Bertz CT molecular complexity index is 547. The van der Waals surface area contributed by atoms with Gasteiger partial charge in [0.25, 0.3) is 0 Å². The van der Waals surface area contributed by atoms with E-state index in [4.69, 9.17) is 0 Å². The van der Waals surface area contributed by atoms with Gasteiger partial charge in [-0.3, -0.25) is 4.79 Å². The van der Waals surface area contributed by atoms with Crippen LogP contribution in [0.5, 0.6) is 0 Å². The lowest BCUT2D eigenvalue weighted by molar-refractivity contribution is -0.132. The Morgan fingerprint density at radius 3 is 1.17 bits per heavy atom. The van der Waals surface area contributed by atoms with Crippen LogP contribution in [-0.4, -0.2) is 57.3 Å². The van der Waals surface area contributed by atoms with Crippen molar-refractivity contribution in [3.8, 4) is 0 Å². The summed E-state index contributed by atoms with van der Waals surface area (Å²) < 4.78 is 0. The molecule has 0 aliphatic carbocycles. The minimum atomic E-state index is -1.25. The molecule has 41 heavy (non-hydrogen) atoms. The fourth-order valence-corrected chi connectivity index (χ4v) is 5.64. The zero-order valence-electron chi connectivity index (χ0n) is 27.3. The number of aliphatic hydroxyl groups excluding tert-OH is 4. The van der Waals surface area contributed by atoms with Crippen molar-refractivity contribution in [1.82, 2.24) is 5.32 Å². The van der Waals surface area contributed by atoms with Crippen molar-refractivity contribution in [3.05, 3.63) is 0 Å². The Morgan fingerprint density at radius 1 is 0.512 bits per heavy atom. The molecule has 6 nitrogen and oxygen atoms in total. The molecule has 0 saturated heterocycles. The second kappa shape index (κ2) is 30.8. The molecule has 0 aliphatic rings. The molecule has 0 aliphatic heterocycles. The molecule has 0 heterocycles. The summed E-state index contributed by atoms with van der Waals surface area (Å²) in [5.41, 5.74) is 0. The number of nitrogens with one attached hydrogen (secondary N) is 1. The van der Waals surface area contributed by atoms with E-state index in [-0.39, 0.29) is 0 Å². The average molecular weight is 586 g/mol. The summed E-state index contributed by atoms with van der Waals surface area (Å²) in [4.78, 5) is 12.4. The first kappa shape index (κ1) is 40.3. The molecule has 0 bridgehead atoms. The lowest BCUT2D eigenvalue weighted by atomic mass is 9.99. The van der Waals surface area contributed by atoms with Crippen LogP contribution in [0.2, 0.25) is 0 Å². The monoisotopic (exact) mass is 586 g/mol. The van der Waals surface area contributed by atoms with Crippen LogP contribution in [0.3, 0.4) is 0 Å². The Balaban J connectivity index is 3.82. The third-order valence-electron chi connectivity index (χ3n) is 8.57. The van der Waals surface area contributed by atoms with Crippen molar-refractivity contribution in [1.29, 1.82) is 0 Å². The molecule has 4 atom stereocenters. The van der Waals surface area contributed by atoms with Gasteiger partial charge in [-0.05, 0) is 12.8 Å². The van der Waals surface area contributed by atoms with Gasteiger partial charge in [0.05, 0.1) is 18.8 Å². The maximum Gasteiger partial charge on any atom is 0.249 e. The number of carbonyl (C=O) groups excluding carboxylic acids is 1. The maximum absolute atomic E-state index is 12.4. The van der Waals surface area contributed by atoms with Gasteiger partial charge in [-0.15, -0.1) is 0 Å². The molecule has 0 aromatic heterocycles. The predicted molar refractivity (Wildman–Crippen MR) is 173 cm³/mol. The van der Waals surface area contributed by atoms with Gasteiger partial charge in [-0.1, -0.05) is 174 Å². The van der Waals surface area contributed by atoms with E-state index in [0.717, 1.165) is 38.5 Å². The molecular weight excluding hydrogens is 514 g/mol. The molecule has 5 N–H and O–H groups in total. The van der Waals surface area contributed by atoms with Gasteiger partial charge in [0, 0.05) is 0 Å². The van der Waals surface area contributed by atoms with Gasteiger partial charge in [0.15, 0.2) is 0 Å². The van der Waals surface area contributed by atoms with Crippen LogP contribution in [0.25, 0.3) is 0 Å². The average Bonchev–Trinajstić information content (AvgIpc) is 2.98. The number of aliphatic hydroxyl groups is 4. The third-order valence-corrected chi connectivity index (χ3v) is 8.57. The summed E-state index contributed by atoms with van der Waals surface area (Å²) in [5.74, 6) is -0.584. The lowest BCUT2D eigenvalue weighted by Gasteiger charge is -2.27. The Kier molecular flexibility index (Phi) is 30.2. The third kappa shape index (κ3) is 25.5. The molecule has 0 rings (SSSR count). The number of unbranched alkanes of at least 4 members (excludes halogenated alkanes) is 23. The first-order valence-corrected chi connectivity index (χ1v) is 17.9. The second-order valence-electron chi connectivity index (χ2n) is 12.6. The van der Waals surface area contributed by atoms with Crippen LogP contribution in [0.15, 0.2) is 0 Å². The van der Waals surface area contributed by atoms with E-state index in [1.54, 1.807) is 0 Å². The lowest BCUT2D eigenvalue weighted by Crippen LogP contribution is -2.53. The highest BCUT2D eigenvalue weighted by atomic mass is 16.3. The highest BCUT2D eigenvalue weighted by Crippen LogP contribution is 2.16. The minimum absolute atomic E-state index is 0.374. The van der Waals surface area contributed by atoms with Crippen LogP contribution in [-0.2, 0) is 4.79 Å². The minimum Gasteiger partial charge on any atom is -0.394 e. The Hall–Kier alpha value is -0.690. The van der Waals surface area contributed by atoms with Gasteiger partial charge >= 0.3 is 0 Å². The molecule has 0 aromatic rings. The van der Waals surface area contributed by atoms with Crippen LogP contribution in [0, 0.1) is 0 Å².